The average molecular weight is 2020 g/mol. The van der Waals surface area contributed by atoms with Gasteiger partial charge in [0.05, 0.1) is 52.3 Å². The summed E-state index contributed by atoms with van der Waals surface area (Å²) >= 11 is 0. The molecule has 8 aromatic carbocycles. The van der Waals surface area contributed by atoms with Crippen LogP contribution in [0.25, 0.3) is 0 Å². The molecule has 0 saturated heterocycles. The minimum Gasteiger partial charge on any atom is -0.445 e. The molecule has 0 fully saturated rings. The van der Waals surface area contributed by atoms with Crippen LogP contribution in [-0.4, -0.2) is 204 Å². The van der Waals surface area contributed by atoms with E-state index in [1.165, 1.54) is 27.1 Å². The van der Waals surface area contributed by atoms with E-state index in [2.05, 4.69) is 20.9 Å². The first-order chi connectivity index (χ1) is 67.1. The molecule has 37 heteroatoms. The number of aromatic nitrogens is 1. The number of hydrogen-bond donors (Lipinski definition) is 9. The van der Waals surface area contributed by atoms with Crippen molar-refractivity contribution in [2.24, 2.45) is 17.2 Å². The van der Waals surface area contributed by atoms with E-state index >= 15 is 0 Å². The van der Waals surface area contributed by atoms with Gasteiger partial charge in [-0.15, -0.1) is 0 Å². The van der Waals surface area contributed by atoms with Crippen molar-refractivity contribution in [1.82, 2.24) is 35.6 Å². The lowest BCUT2D eigenvalue weighted by Crippen LogP contribution is -2.55. The van der Waals surface area contributed by atoms with Crippen LogP contribution in [0.2, 0.25) is 0 Å². The third-order valence-corrected chi connectivity index (χ3v) is 28.8. The van der Waals surface area contributed by atoms with Crippen LogP contribution >= 0.6 is 0 Å². The summed E-state index contributed by atoms with van der Waals surface area (Å²) in [4.78, 5) is 89.0. The zero-order valence-corrected chi connectivity index (χ0v) is 83.2. The van der Waals surface area contributed by atoms with Crippen molar-refractivity contribution >= 4 is 65.5 Å². The summed E-state index contributed by atoms with van der Waals surface area (Å²) in [5.74, 6) is -9.42. The van der Waals surface area contributed by atoms with Crippen molar-refractivity contribution in [2.45, 2.75) is 238 Å². The Morgan fingerprint density at radius 2 is 0.617 bits per heavy atom. The van der Waals surface area contributed by atoms with Crippen LogP contribution in [0.3, 0.4) is 0 Å². The van der Waals surface area contributed by atoms with E-state index in [0.717, 1.165) is 90.6 Å². The summed E-state index contributed by atoms with van der Waals surface area (Å²) in [6.45, 7) is 11.9. The van der Waals surface area contributed by atoms with Crippen molar-refractivity contribution < 1.29 is 110 Å². The Kier molecular flexibility index (Phi) is 48.9. The molecular formula is C104H134F6N10O18S3. The lowest BCUT2D eigenvalue weighted by molar-refractivity contribution is -0.135. The standard InChI is InChI=1S/C36H48F2N4O6S.2C34H43F2N3O6S/c1-4-8-31(9-5-2)49(46,47)24-33(41-36(45)48-23-26-12-14-40-15-13-26)35(44)42(21-27-11-7-10-25(6-3)16-27)22-34(43)32(39)19-28-17-29(37)20-30(38)18-28;2*1-3-5-14-46(43,44)23-31(38-34(42)45-22-25-10-7-6-8-11-25)33(41)39(20-26-13-9-12-24(4-2)15-26)21-32(40)30(37)18-27-16-28(35)19-29(36)17-27/h7,10-18,20,31-34,43H,4-6,8-9,19,21-24,39H2,1-3H3,(H,41,45);2*6-13,15-17,19,30-32,40H,3-5,14,18,20-23,37H2,1-2H3,(H,38,42)/t32-,33+,34+;30-,31+,32+;30-,31-,32+/m000/s1. The van der Waals surface area contributed by atoms with Crippen molar-refractivity contribution in [1.29, 1.82) is 0 Å². The Hall–Kier alpha value is -11.7. The number of benzene rings is 8. The maximum absolute atomic E-state index is 14.4. The number of aliphatic hydroxyl groups is 3. The maximum Gasteiger partial charge on any atom is 0.408 e. The van der Waals surface area contributed by atoms with Crippen LogP contribution in [0.15, 0.2) is 213 Å². The molecule has 768 valence electrons. The fourth-order valence-electron chi connectivity index (χ4n) is 15.4. The molecule has 0 aliphatic carbocycles. The van der Waals surface area contributed by atoms with E-state index in [9.17, 15) is 95.7 Å². The number of pyridine rings is 1. The first-order valence-electron chi connectivity index (χ1n) is 47.3. The molecular weight excluding hydrogens is 1890 g/mol. The third kappa shape index (κ3) is 42.2. The second kappa shape index (κ2) is 59.3. The highest BCUT2D eigenvalue weighted by Gasteiger charge is 2.39. The lowest BCUT2D eigenvalue weighted by Gasteiger charge is -2.32. The Morgan fingerprint density at radius 1 is 0.348 bits per heavy atom. The van der Waals surface area contributed by atoms with Crippen LogP contribution in [0.5, 0.6) is 0 Å². The van der Waals surface area contributed by atoms with E-state index < -0.39 is 177 Å². The Morgan fingerprint density at radius 3 is 0.894 bits per heavy atom. The molecule has 9 rings (SSSR count). The van der Waals surface area contributed by atoms with Crippen LogP contribution in [-0.2, 0) is 136 Å². The highest BCUT2D eigenvalue weighted by Crippen LogP contribution is 2.25. The number of halogens is 6. The number of sulfone groups is 3. The van der Waals surface area contributed by atoms with Crippen LogP contribution < -0.4 is 33.2 Å². The second-order valence-corrected chi connectivity index (χ2v) is 41.7. The molecule has 9 aromatic rings. The van der Waals surface area contributed by atoms with Gasteiger partial charge in [-0.3, -0.25) is 19.4 Å². The molecule has 6 amide bonds. The Bertz CT molecular complexity index is 5510. The van der Waals surface area contributed by atoms with Gasteiger partial charge in [0.15, 0.2) is 29.5 Å². The first-order valence-corrected chi connectivity index (χ1v) is 52.6. The molecule has 9 atom stereocenters. The Balaban J connectivity index is 0.000000288. The number of hydrogen-bond acceptors (Lipinski definition) is 22. The van der Waals surface area contributed by atoms with E-state index in [1.807, 2.05) is 103 Å². The number of nitrogens with one attached hydrogen (secondary N) is 3. The molecule has 0 spiro atoms. The molecule has 0 aliphatic heterocycles. The lowest BCUT2D eigenvalue weighted by atomic mass is 10.0. The average Bonchev–Trinajstić information content (AvgIpc) is 0.824. The van der Waals surface area contributed by atoms with Crippen molar-refractivity contribution in [2.75, 3.05) is 48.4 Å². The van der Waals surface area contributed by atoms with Gasteiger partial charge in [0.1, 0.15) is 72.8 Å². The smallest absolute Gasteiger partial charge is 0.408 e. The van der Waals surface area contributed by atoms with E-state index in [-0.39, 0.29) is 107 Å². The maximum atomic E-state index is 14.4. The van der Waals surface area contributed by atoms with Gasteiger partial charge in [-0.05, 0) is 180 Å². The number of rotatable bonds is 53. The normalized spacial score (nSPS) is 13.4. The topological polar surface area (TPSA) is 430 Å². The zero-order valence-electron chi connectivity index (χ0n) is 80.8. The molecule has 0 bridgehead atoms. The summed E-state index contributed by atoms with van der Waals surface area (Å²) in [5, 5.41) is 40.1. The fourth-order valence-corrected chi connectivity index (χ4v) is 20.8. The molecule has 1 aromatic heterocycles. The van der Waals surface area contributed by atoms with E-state index in [4.69, 9.17) is 31.4 Å². The number of ether oxygens (including phenoxy) is 3. The monoisotopic (exact) mass is 2020 g/mol. The molecule has 1 heterocycles. The largest absolute Gasteiger partial charge is 0.445 e. The van der Waals surface area contributed by atoms with Gasteiger partial charge in [0.25, 0.3) is 0 Å². The number of amides is 6. The molecule has 141 heavy (non-hydrogen) atoms. The molecule has 12 N–H and O–H groups in total. The van der Waals surface area contributed by atoms with Gasteiger partial charge in [-0.1, -0.05) is 208 Å². The summed E-state index contributed by atoms with van der Waals surface area (Å²) in [6.07, 6.45) is 1.88. The third-order valence-electron chi connectivity index (χ3n) is 23.0. The van der Waals surface area contributed by atoms with Crippen LogP contribution in [0.4, 0.5) is 40.7 Å². The minimum atomic E-state index is -3.90. The number of alkyl carbamates (subject to hydrolysis) is 3. The van der Waals surface area contributed by atoms with Gasteiger partial charge in [-0.25, -0.2) is 66.0 Å². The van der Waals surface area contributed by atoms with Gasteiger partial charge >= 0.3 is 18.3 Å². The SMILES string of the molecule is CCCC(CCC)S(=O)(=O)C[C@@H](NC(=O)OCc1ccncc1)C(=O)N(Cc1cccc(CC)c1)C[C@@H](O)[C@@H](N)Cc1cc(F)cc(F)c1.CCCCS(=O)(=O)C[C@@H](NC(=O)OCc1ccccc1)C(=O)N(Cc1cccc(CC)c1)C[C@@H](O)[C@@H](N)Cc1cc(F)cc(F)c1.CCCCS(=O)(=O)C[C@H](NC(=O)OCc1ccccc1)C(=O)N(Cc1cccc(CC)c1)C[C@@H](O)[C@@H](N)Cc1cc(F)cc(F)c1. The second-order valence-electron chi connectivity index (χ2n) is 34.9. The quantitative estimate of drug-likeness (QED) is 0.0126. The number of nitrogens with two attached hydrogens (primary N) is 3. The number of carbonyl (C=O) groups excluding carboxylic acids is 6. The molecule has 0 saturated carbocycles. The summed E-state index contributed by atoms with van der Waals surface area (Å²) in [5.41, 5.74) is 26.5. The van der Waals surface area contributed by atoms with Crippen molar-refractivity contribution in [3.63, 3.8) is 0 Å². The summed E-state index contributed by atoms with van der Waals surface area (Å²) in [6, 6.07) is 44.4. The van der Waals surface area contributed by atoms with E-state index in [0.29, 0.717) is 84.7 Å². The fraction of sp³-hybridized carbons (Fsp3) is 0.433. The van der Waals surface area contributed by atoms with Crippen LogP contribution in [0, 0.1) is 34.9 Å². The number of unbranched alkanes of at least 4 members (excludes halogenated alkanes) is 2. The highest BCUT2D eigenvalue weighted by molar-refractivity contribution is 7.92. The van der Waals surface area contributed by atoms with Crippen molar-refractivity contribution in [3.05, 3.63) is 314 Å². The number of aryl methyl sites for hydroxylation is 3. The van der Waals surface area contributed by atoms with Gasteiger partial charge in [-0.2, -0.15) is 0 Å². The predicted octanol–water partition coefficient (Wildman–Crippen LogP) is 13.5. The number of aliphatic hydroxyl groups excluding tert-OH is 3. The van der Waals surface area contributed by atoms with Crippen molar-refractivity contribution in [3.8, 4) is 0 Å². The molecule has 0 unspecified atom stereocenters. The van der Waals surface area contributed by atoms with E-state index in [1.54, 1.807) is 91.0 Å². The van der Waals surface area contributed by atoms with Gasteiger partial charge < -0.3 is 77.4 Å². The Labute approximate surface area is 823 Å². The molecule has 28 nitrogen and oxygen atoms in total. The number of carbonyl (C=O) groups is 6. The highest BCUT2D eigenvalue weighted by atomic mass is 32.2. The predicted molar refractivity (Wildman–Crippen MR) is 529 cm³/mol. The van der Waals surface area contributed by atoms with Gasteiger partial charge in [0, 0.05) is 88.0 Å². The van der Waals surface area contributed by atoms with Crippen LogP contribution in [0.1, 0.15) is 167 Å². The van der Waals surface area contributed by atoms with Gasteiger partial charge in [0.2, 0.25) is 17.7 Å². The minimum absolute atomic E-state index is 0.0305. The first kappa shape index (κ1) is 116. The number of nitrogens with zero attached hydrogens (tertiary/aromatic N) is 4. The molecule has 0 aliphatic rings. The molecule has 0 radical (unpaired) electrons. The zero-order chi connectivity index (χ0) is 103. The summed E-state index contributed by atoms with van der Waals surface area (Å²) < 4.78 is 178. The summed E-state index contributed by atoms with van der Waals surface area (Å²) in [7, 11) is -11.5.